The molecule has 78 valence electrons. The summed E-state index contributed by atoms with van der Waals surface area (Å²) in [6.45, 7) is 6.66. The summed E-state index contributed by atoms with van der Waals surface area (Å²) in [5.74, 6) is 1.89. The minimum Gasteiger partial charge on any atom is -0.329 e. The van der Waals surface area contributed by atoms with Crippen LogP contribution in [0.4, 0.5) is 5.69 Å². The van der Waals surface area contributed by atoms with Gasteiger partial charge in [-0.2, -0.15) is 0 Å². The molecule has 0 radical (unpaired) electrons. The first kappa shape index (κ1) is 11.4. The lowest BCUT2D eigenvalue weighted by atomic mass is 10.1. The van der Waals surface area contributed by atoms with Crippen molar-refractivity contribution in [1.29, 1.82) is 0 Å². The highest BCUT2D eigenvalue weighted by Gasteiger charge is 1.99. The van der Waals surface area contributed by atoms with Crippen molar-refractivity contribution in [3.8, 4) is 0 Å². The lowest BCUT2D eigenvalue weighted by Gasteiger charge is -2.10. The van der Waals surface area contributed by atoms with E-state index in [0.717, 1.165) is 18.1 Å². The Morgan fingerprint density at radius 1 is 1.29 bits per heavy atom. The maximum atomic E-state index is 3.41. The van der Waals surface area contributed by atoms with Crippen molar-refractivity contribution < 1.29 is 0 Å². The largest absolute Gasteiger partial charge is 0.329 e. The molecule has 0 unspecified atom stereocenters. The summed E-state index contributed by atoms with van der Waals surface area (Å²) in [7, 11) is 0. The van der Waals surface area contributed by atoms with Gasteiger partial charge in [0.05, 0.1) is 0 Å². The number of para-hydroxylation sites is 1. The number of aryl methyl sites for hydroxylation is 1. The zero-order chi connectivity index (χ0) is 10.4. The van der Waals surface area contributed by atoms with Crippen LogP contribution in [0.1, 0.15) is 26.3 Å². The summed E-state index contributed by atoms with van der Waals surface area (Å²) in [4.78, 5) is 0. The van der Waals surface area contributed by atoms with Gasteiger partial charge in [-0.15, -0.1) is 0 Å². The number of benzene rings is 1. The van der Waals surface area contributed by atoms with Crippen LogP contribution in [0, 0.1) is 5.92 Å². The molecule has 0 aliphatic carbocycles. The van der Waals surface area contributed by atoms with E-state index in [2.05, 4.69) is 49.8 Å². The number of anilines is 1. The van der Waals surface area contributed by atoms with Gasteiger partial charge in [0.25, 0.3) is 0 Å². The first-order valence-electron chi connectivity index (χ1n) is 5.19. The molecule has 1 rings (SSSR count). The van der Waals surface area contributed by atoms with Crippen molar-refractivity contribution in [3.05, 3.63) is 29.8 Å². The second-order valence-corrected chi connectivity index (χ2v) is 4.64. The van der Waals surface area contributed by atoms with Crippen LogP contribution in [0.5, 0.6) is 0 Å². The van der Waals surface area contributed by atoms with Gasteiger partial charge in [0, 0.05) is 11.4 Å². The Kier molecular flexibility index (Phi) is 4.88. The summed E-state index contributed by atoms with van der Waals surface area (Å²) < 4.78 is 3.41. The van der Waals surface area contributed by atoms with Gasteiger partial charge in [0.15, 0.2) is 0 Å². The molecule has 0 atom stereocenters. The predicted molar refractivity (Wildman–Crippen MR) is 66.7 cm³/mol. The SMILES string of the molecule is CCc1ccccc1NSCC(C)C. The Labute approximate surface area is 91.4 Å². The van der Waals surface area contributed by atoms with Gasteiger partial charge in [0.2, 0.25) is 0 Å². The smallest absolute Gasteiger partial charge is 0.0472 e. The molecule has 1 N–H and O–H groups in total. The van der Waals surface area contributed by atoms with E-state index in [1.54, 1.807) is 11.9 Å². The molecule has 0 aliphatic heterocycles. The van der Waals surface area contributed by atoms with E-state index in [1.807, 2.05) is 0 Å². The van der Waals surface area contributed by atoms with E-state index in [-0.39, 0.29) is 0 Å². The average Bonchev–Trinajstić information content (AvgIpc) is 2.18. The second-order valence-electron chi connectivity index (χ2n) is 3.82. The van der Waals surface area contributed by atoms with Crippen LogP contribution in [-0.4, -0.2) is 5.75 Å². The zero-order valence-corrected chi connectivity index (χ0v) is 10.0. The number of hydrogen-bond acceptors (Lipinski definition) is 2. The summed E-state index contributed by atoms with van der Waals surface area (Å²) in [6.07, 6.45) is 1.09. The highest BCUT2D eigenvalue weighted by atomic mass is 32.2. The van der Waals surface area contributed by atoms with E-state index in [0.29, 0.717) is 0 Å². The Morgan fingerprint density at radius 2 is 2.00 bits per heavy atom. The lowest BCUT2D eigenvalue weighted by molar-refractivity contribution is 0.751. The van der Waals surface area contributed by atoms with Gasteiger partial charge in [-0.3, -0.25) is 0 Å². The fourth-order valence-corrected chi connectivity index (χ4v) is 1.99. The minimum atomic E-state index is 0.737. The van der Waals surface area contributed by atoms with Crippen LogP contribution in [0.15, 0.2) is 24.3 Å². The normalized spacial score (nSPS) is 10.6. The Bertz CT molecular complexity index is 271. The quantitative estimate of drug-likeness (QED) is 0.737. The van der Waals surface area contributed by atoms with Gasteiger partial charge in [0.1, 0.15) is 0 Å². The fourth-order valence-electron chi connectivity index (χ4n) is 1.21. The fraction of sp³-hybridized carbons (Fsp3) is 0.500. The van der Waals surface area contributed by atoms with Crippen LogP contribution in [-0.2, 0) is 6.42 Å². The van der Waals surface area contributed by atoms with Gasteiger partial charge < -0.3 is 4.72 Å². The molecule has 0 saturated carbocycles. The first-order valence-corrected chi connectivity index (χ1v) is 6.18. The van der Waals surface area contributed by atoms with Gasteiger partial charge in [-0.25, -0.2) is 0 Å². The Hall–Kier alpha value is -0.630. The molecule has 1 aromatic carbocycles. The van der Waals surface area contributed by atoms with Crippen molar-refractivity contribution in [3.63, 3.8) is 0 Å². The third kappa shape index (κ3) is 3.62. The van der Waals surface area contributed by atoms with E-state index in [1.165, 1.54) is 11.3 Å². The molecule has 1 nitrogen and oxygen atoms in total. The molecule has 0 amide bonds. The van der Waals surface area contributed by atoms with Crippen molar-refractivity contribution in [2.45, 2.75) is 27.2 Å². The summed E-state index contributed by atoms with van der Waals surface area (Å²) in [5.41, 5.74) is 2.66. The molecule has 14 heavy (non-hydrogen) atoms. The van der Waals surface area contributed by atoms with Gasteiger partial charge in [-0.05, 0) is 24.0 Å². The molecule has 0 aliphatic rings. The molecular weight excluding hydrogens is 190 g/mol. The third-order valence-electron chi connectivity index (χ3n) is 2.00. The third-order valence-corrected chi connectivity index (χ3v) is 3.19. The molecule has 0 heterocycles. The summed E-state index contributed by atoms with van der Waals surface area (Å²) in [6, 6.07) is 8.50. The summed E-state index contributed by atoms with van der Waals surface area (Å²) in [5, 5.41) is 0. The first-order chi connectivity index (χ1) is 6.74. The molecule has 0 fully saturated rings. The highest BCUT2D eigenvalue weighted by molar-refractivity contribution is 8.00. The van der Waals surface area contributed by atoms with Crippen molar-refractivity contribution in [2.75, 3.05) is 10.5 Å². The van der Waals surface area contributed by atoms with Crippen LogP contribution < -0.4 is 4.72 Å². The molecule has 0 bridgehead atoms. The van der Waals surface area contributed by atoms with Crippen molar-refractivity contribution in [1.82, 2.24) is 0 Å². The Balaban J connectivity index is 2.49. The minimum absolute atomic E-state index is 0.737. The molecule has 0 saturated heterocycles. The molecular formula is C12H19NS. The van der Waals surface area contributed by atoms with E-state index >= 15 is 0 Å². The average molecular weight is 209 g/mol. The lowest BCUT2D eigenvalue weighted by Crippen LogP contribution is -1.97. The Morgan fingerprint density at radius 3 is 2.64 bits per heavy atom. The van der Waals surface area contributed by atoms with Crippen LogP contribution in [0.2, 0.25) is 0 Å². The molecule has 0 aromatic heterocycles. The van der Waals surface area contributed by atoms with Crippen molar-refractivity contribution in [2.24, 2.45) is 5.92 Å². The molecule has 2 heteroatoms. The maximum Gasteiger partial charge on any atom is 0.0472 e. The zero-order valence-electron chi connectivity index (χ0n) is 9.21. The number of hydrogen-bond donors (Lipinski definition) is 1. The highest BCUT2D eigenvalue weighted by Crippen LogP contribution is 2.20. The predicted octanol–water partition coefficient (Wildman–Crippen LogP) is 3.97. The molecule has 0 spiro atoms. The summed E-state index contributed by atoms with van der Waals surface area (Å²) >= 11 is 1.79. The van der Waals surface area contributed by atoms with Crippen LogP contribution in [0.3, 0.4) is 0 Å². The molecule has 1 aromatic rings. The van der Waals surface area contributed by atoms with Gasteiger partial charge in [-0.1, -0.05) is 50.9 Å². The van der Waals surface area contributed by atoms with Crippen LogP contribution in [0.25, 0.3) is 0 Å². The standard InChI is InChI=1S/C12H19NS/c1-4-11-7-5-6-8-12(11)13-14-9-10(2)3/h5-8,10,13H,4,9H2,1-3H3. The number of nitrogens with one attached hydrogen (secondary N) is 1. The monoisotopic (exact) mass is 209 g/mol. The van der Waals surface area contributed by atoms with Crippen molar-refractivity contribution >= 4 is 17.6 Å². The van der Waals surface area contributed by atoms with Crippen LogP contribution >= 0.6 is 11.9 Å². The van der Waals surface area contributed by atoms with E-state index in [9.17, 15) is 0 Å². The van der Waals surface area contributed by atoms with Gasteiger partial charge >= 0.3 is 0 Å². The maximum absolute atomic E-state index is 3.41. The topological polar surface area (TPSA) is 12.0 Å². The van der Waals surface area contributed by atoms with E-state index < -0.39 is 0 Å². The van der Waals surface area contributed by atoms with E-state index in [4.69, 9.17) is 0 Å². The second kappa shape index (κ2) is 5.97. The number of rotatable bonds is 5.